The number of carbonyl (C=O) groups is 1. The number of ether oxygens (including phenoxy) is 1. The molecule has 6 unspecified atom stereocenters. The molecule has 0 aromatic carbocycles. The Morgan fingerprint density at radius 3 is 2.84 bits per heavy atom. The first kappa shape index (κ1) is 23.7. The van der Waals surface area contributed by atoms with Crippen molar-refractivity contribution in [2.24, 2.45) is 23.2 Å². The number of allylic oxidation sites excluding steroid dienone is 7. The number of carbonyl (C=O) groups excluding carboxylic acids is 1. The number of hydrogen-bond donors (Lipinski definition) is 0. The Morgan fingerprint density at radius 1 is 1.35 bits per heavy atom. The van der Waals surface area contributed by atoms with Gasteiger partial charge in [0.15, 0.2) is 0 Å². The van der Waals surface area contributed by atoms with Gasteiger partial charge in [-0.3, -0.25) is 0 Å². The van der Waals surface area contributed by atoms with Gasteiger partial charge in [-0.1, -0.05) is 13.0 Å². The minimum atomic E-state index is 0.0541. The summed E-state index contributed by atoms with van der Waals surface area (Å²) in [6.45, 7) is 10.3. The molecule has 2 nitrogen and oxygen atoms in total. The van der Waals surface area contributed by atoms with Crippen molar-refractivity contribution in [3.63, 3.8) is 0 Å². The first-order chi connectivity index (χ1) is 14.8. The van der Waals surface area contributed by atoms with Crippen LogP contribution in [0, 0.1) is 23.2 Å². The van der Waals surface area contributed by atoms with E-state index in [9.17, 15) is 4.79 Å². The van der Waals surface area contributed by atoms with Gasteiger partial charge >= 0.3 is 170 Å². The first-order valence-corrected chi connectivity index (χ1v) is 14.7. The Morgan fingerprint density at radius 2 is 2.13 bits per heavy atom. The van der Waals surface area contributed by atoms with Gasteiger partial charge in [0.1, 0.15) is 5.60 Å². The Labute approximate surface area is 205 Å². The summed E-state index contributed by atoms with van der Waals surface area (Å²) in [4.78, 5) is 12.7. The van der Waals surface area contributed by atoms with Crippen LogP contribution in [-0.2, 0) is 9.53 Å². The van der Waals surface area contributed by atoms with E-state index in [1.807, 2.05) is 0 Å². The SMILES string of the molecule is CCC1(/C=C/CC(C)C2=CCC3/C(=C/C=C4/CC(C)C[CH]([Pb])C4=O)CCCC23C)CO1. The minimum absolute atomic E-state index is 0.0541. The van der Waals surface area contributed by atoms with Gasteiger partial charge in [-0.2, -0.15) is 0 Å². The molecular formula is C28H39O2Pb. The zero-order chi connectivity index (χ0) is 22.2. The molecule has 0 bridgehead atoms. The third-order valence-corrected chi connectivity index (χ3v) is 10.4. The summed E-state index contributed by atoms with van der Waals surface area (Å²) in [6, 6.07) is 0. The van der Waals surface area contributed by atoms with E-state index in [-0.39, 0.29) is 5.60 Å². The van der Waals surface area contributed by atoms with E-state index < -0.39 is 0 Å². The first-order valence-electron chi connectivity index (χ1n) is 12.4. The van der Waals surface area contributed by atoms with Gasteiger partial charge < -0.3 is 4.74 Å². The van der Waals surface area contributed by atoms with E-state index in [0.29, 0.717) is 32.4 Å². The van der Waals surface area contributed by atoms with Gasteiger partial charge in [0.05, 0.1) is 6.61 Å². The Balaban J connectivity index is 1.46. The van der Waals surface area contributed by atoms with Crippen LogP contribution in [0.2, 0.25) is 3.48 Å². The van der Waals surface area contributed by atoms with Crippen LogP contribution in [0.1, 0.15) is 79.1 Å². The summed E-state index contributed by atoms with van der Waals surface area (Å²) in [5.41, 5.74) is 4.69. The summed E-state index contributed by atoms with van der Waals surface area (Å²) >= 11 is 0.990. The van der Waals surface area contributed by atoms with Crippen LogP contribution in [0.3, 0.4) is 0 Å². The third kappa shape index (κ3) is 4.90. The van der Waals surface area contributed by atoms with Crippen LogP contribution < -0.4 is 0 Å². The molecule has 1 saturated heterocycles. The van der Waals surface area contributed by atoms with Crippen molar-refractivity contribution in [1.82, 2.24) is 0 Å². The van der Waals surface area contributed by atoms with Crippen molar-refractivity contribution in [1.29, 1.82) is 0 Å². The summed E-state index contributed by atoms with van der Waals surface area (Å²) in [7, 11) is 0. The molecule has 0 N–H and O–H groups in total. The van der Waals surface area contributed by atoms with Gasteiger partial charge in [-0.15, -0.1) is 0 Å². The number of hydrogen-bond acceptors (Lipinski definition) is 2. The van der Waals surface area contributed by atoms with E-state index >= 15 is 0 Å². The number of epoxide rings is 1. The predicted octanol–water partition coefficient (Wildman–Crippen LogP) is 6.69. The second-order valence-corrected chi connectivity index (χ2v) is 13.6. The summed E-state index contributed by atoms with van der Waals surface area (Å²) < 4.78 is 5.96. The van der Waals surface area contributed by atoms with Crippen molar-refractivity contribution < 1.29 is 9.53 Å². The van der Waals surface area contributed by atoms with Crippen molar-refractivity contribution in [2.75, 3.05) is 6.61 Å². The molecule has 3 aliphatic carbocycles. The molecule has 6 atom stereocenters. The summed E-state index contributed by atoms with van der Waals surface area (Å²) in [5, 5.41) is 0. The molecular weight excluding hydrogens is 576 g/mol. The van der Waals surface area contributed by atoms with Crippen molar-refractivity contribution in [2.45, 2.75) is 88.1 Å². The molecule has 3 fully saturated rings. The monoisotopic (exact) mass is 615 g/mol. The largest absolute Gasteiger partial charge is 0.365 e. The van der Waals surface area contributed by atoms with Crippen LogP contribution in [-0.4, -0.2) is 43.8 Å². The Hall–Kier alpha value is -0.488. The van der Waals surface area contributed by atoms with Gasteiger partial charge in [0.2, 0.25) is 0 Å². The molecule has 2 saturated carbocycles. The fourth-order valence-corrected chi connectivity index (χ4v) is 8.68. The molecule has 3 heteroatoms. The van der Waals surface area contributed by atoms with Crippen molar-refractivity contribution >= 4 is 31.6 Å². The molecule has 0 amide bonds. The molecule has 0 aromatic rings. The number of Topliss-reactive ketones (excluding diaryl/α,β-unsaturated/α-hetero) is 1. The molecule has 3 radical (unpaired) electrons. The summed E-state index contributed by atoms with van der Waals surface area (Å²) in [5.74, 6) is 2.30. The van der Waals surface area contributed by atoms with Crippen LogP contribution >= 0.6 is 0 Å². The Kier molecular flexibility index (Phi) is 7.18. The fourth-order valence-electron chi connectivity index (χ4n) is 6.39. The second-order valence-electron chi connectivity index (χ2n) is 10.9. The number of fused-ring (bicyclic) bond motifs is 1. The number of rotatable bonds is 6. The smallest absolute Gasteiger partial charge is 0.0806 e. The zero-order valence-corrected chi connectivity index (χ0v) is 23.8. The third-order valence-electron chi connectivity index (χ3n) is 8.50. The predicted molar refractivity (Wildman–Crippen MR) is 129 cm³/mol. The van der Waals surface area contributed by atoms with Gasteiger partial charge in [0.25, 0.3) is 0 Å². The number of ketones is 1. The van der Waals surface area contributed by atoms with E-state index in [2.05, 4.69) is 58.1 Å². The maximum Gasteiger partial charge on any atom is 0.0806 e. The second kappa shape index (κ2) is 9.40. The van der Waals surface area contributed by atoms with E-state index in [4.69, 9.17) is 4.74 Å². The van der Waals surface area contributed by atoms with Crippen molar-refractivity contribution in [3.8, 4) is 0 Å². The molecule has 167 valence electrons. The van der Waals surface area contributed by atoms with Gasteiger partial charge in [-0.05, 0) is 6.42 Å². The molecule has 1 aliphatic heterocycles. The maximum atomic E-state index is 12.7. The maximum absolute atomic E-state index is 12.7. The topological polar surface area (TPSA) is 29.6 Å². The molecule has 31 heavy (non-hydrogen) atoms. The van der Waals surface area contributed by atoms with Gasteiger partial charge in [-0.25, -0.2) is 0 Å². The average molecular weight is 615 g/mol. The van der Waals surface area contributed by atoms with E-state index in [1.54, 1.807) is 11.1 Å². The normalized spacial score (nSPS) is 41.6. The zero-order valence-electron chi connectivity index (χ0n) is 19.9. The Bertz CT molecular complexity index is 828. The fraction of sp³-hybridized carbons (Fsp3) is 0.679. The molecule has 4 rings (SSSR count). The van der Waals surface area contributed by atoms with E-state index in [1.165, 1.54) is 25.7 Å². The molecule has 0 spiro atoms. The average Bonchev–Trinajstić information content (AvgIpc) is 3.42. The van der Waals surface area contributed by atoms with Crippen LogP contribution in [0.5, 0.6) is 0 Å². The molecule has 4 aliphatic rings. The summed E-state index contributed by atoms with van der Waals surface area (Å²) in [6.07, 6.45) is 21.0. The van der Waals surface area contributed by atoms with Crippen LogP contribution in [0.25, 0.3) is 0 Å². The standard InChI is InChI=1S/C28H39O2.Pb/c1-5-28(19-30-28)17-6-8-21(3)24-13-14-25-22(9-7-16-27(24,25)4)11-12-23-18-20(2)10-15-26(23)29;/h6,11-13,15,17,20-21,25H,5,7-10,14,16,18-19H2,1-4H3;/b17-6+,22-11+,23-12-;. The van der Waals surface area contributed by atoms with Crippen LogP contribution in [0.15, 0.2) is 47.1 Å². The van der Waals surface area contributed by atoms with Crippen molar-refractivity contribution in [3.05, 3.63) is 47.1 Å². The van der Waals surface area contributed by atoms with Gasteiger partial charge in [0, 0.05) is 0 Å². The quantitative estimate of drug-likeness (QED) is 0.144. The molecule has 1 heterocycles. The van der Waals surface area contributed by atoms with E-state index in [0.717, 1.165) is 63.6 Å². The molecule has 0 aromatic heterocycles. The van der Waals surface area contributed by atoms with Crippen LogP contribution in [0.4, 0.5) is 0 Å². The minimum Gasteiger partial charge on any atom is -0.365 e.